The fourth-order valence-electron chi connectivity index (χ4n) is 4.23. The topological polar surface area (TPSA) is 80.2 Å². The van der Waals surface area contributed by atoms with Crippen LogP contribution in [-0.2, 0) is 11.3 Å². The molecule has 1 saturated carbocycles. The average Bonchev–Trinajstić information content (AvgIpc) is 3.08. The molecule has 6 nitrogen and oxygen atoms in total. The number of piperidine rings is 1. The summed E-state index contributed by atoms with van der Waals surface area (Å²) < 4.78 is 0. The van der Waals surface area contributed by atoms with Gasteiger partial charge in [0.15, 0.2) is 0 Å². The summed E-state index contributed by atoms with van der Waals surface area (Å²) in [5, 5.41) is 13.0. The summed E-state index contributed by atoms with van der Waals surface area (Å²) >= 11 is 1.65. The first-order valence-corrected chi connectivity index (χ1v) is 10.1. The van der Waals surface area contributed by atoms with Gasteiger partial charge >= 0.3 is 0 Å². The van der Waals surface area contributed by atoms with E-state index in [1.807, 2.05) is 21.2 Å². The molecule has 3 heterocycles. The van der Waals surface area contributed by atoms with Crippen LogP contribution in [0.25, 0.3) is 0 Å². The second kappa shape index (κ2) is 6.86. The number of rotatable bonds is 4. The van der Waals surface area contributed by atoms with Gasteiger partial charge in [0, 0.05) is 38.8 Å². The van der Waals surface area contributed by atoms with Crippen molar-refractivity contribution in [2.45, 2.75) is 38.8 Å². The molecule has 1 saturated heterocycles. The van der Waals surface area contributed by atoms with Gasteiger partial charge < -0.3 is 14.8 Å². The predicted octanol–water partition coefficient (Wildman–Crippen LogP) is 2.99. The second-order valence-electron chi connectivity index (χ2n) is 7.57. The molecule has 2 aliphatic rings. The highest BCUT2D eigenvalue weighted by Crippen LogP contribution is 2.57. The molecule has 0 unspecified atom stereocenters. The number of aromatic amines is 1. The van der Waals surface area contributed by atoms with Crippen LogP contribution >= 0.6 is 11.3 Å². The number of amides is 2. The first-order chi connectivity index (χ1) is 13.0. The number of nitrogens with one attached hydrogen (secondary N) is 1. The average molecular weight is 382 g/mol. The van der Waals surface area contributed by atoms with E-state index >= 15 is 0 Å². The molecule has 1 aliphatic heterocycles. The van der Waals surface area contributed by atoms with Gasteiger partial charge in [-0.25, -0.2) is 0 Å². The minimum atomic E-state index is -0.0507. The van der Waals surface area contributed by atoms with Crippen LogP contribution < -0.4 is 0 Å². The third-order valence-corrected chi connectivity index (χ3v) is 6.68. The molecule has 4 rings (SSSR count). The minimum absolute atomic E-state index is 0.0507. The van der Waals surface area contributed by atoms with Gasteiger partial charge in [0.2, 0.25) is 5.91 Å². The second-order valence-corrected chi connectivity index (χ2v) is 8.35. The van der Waals surface area contributed by atoms with Gasteiger partial charge in [-0.2, -0.15) is 16.6 Å². The summed E-state index contributed by atoms with van der Waals surface area (Å²) in [6, 6.07) is 5.99. The first kappa shape index (κ1) is 17.8. The van der Waals surface area contributed by atoms with Gasteiger partial charge in [-0.15, -0.1) is 0 Å². The van der Waals surface area contributed by atoms with Crippen molar-refractivity contribution < 1.29 is 9.59 Å². The van der Waals surface area contributed by atoms with E-state index in [1.54, 1.807) is 30.5 Å². The normalized spacial score (nSPS) is 20.3. The van der Waals surface area contributed by atoms with E-state index in [4.69, 9.17) is 5.26 Å². The molecule has 2 fully saturated rings. The van der Waals surface area contributed by atoms with Crippen molar-refractivity contribution in [1.29, 1.82) is 5.26 Å². The van der Waals surface area contributed by atoms with Crippen molar-refractivity contribution in [2.75, 3.05) is 13.1 Å². The number of aromatic nitrogens is 1. The van der Waals surface area contributed by atoms with Crippen molar-refractivity contribution in [3.05, 3.63) is 45.9 Å². The monoisotopic (exact) mass is 382 g/mol. The molecule has 0 aromatic carbocycles. The Balaban J connectivity index is 1.38. The molecule has 1 N–H and O–H groups in total. The van der Waals surface area contributed by atoms with E-state index < -0.39 is 0 Å². The van der Waals surface area contributed by atoms with Crippen LogP contribution in [0.2, 0.25) is 0 Å². The Bertz CT molecular complexity index is 887. The van der Waals surface area contributed by atoms with Crippen LogP contribution in [0.1, 0.15) is 47.8 Å². The van der Waals surface area contributed by atoms with Crippen LogP contribution in [-0.4, -0.2) is 45.7 Å². The Morgan fingerprint density at radius 3 is 2.81 bits per heavy atom. The Morgan fingerprint density at radius 2 is 2.22 bits per heavy atom. The fourth-order valence-corrected chi connectivity index (χ4v) is 4.89. The number of hydrogen-bond donors (Lipinski definition) is 1. The zero-order chi connectivity index (χ0) is 19.0. The predicted molar refractivity (Wildman–Crippen MR) is 102 cm³/mol. The summed E-state index contributed by atoms with van der Waals surface area (Å²) in [6.07, 6.45) is 4.43. The van der Waals surface area contributed by atoms with Gasteiger partial charge in [0.1, 0.15) is 11.8 Å². The lowest BCUT2D eigenvalue weighted by atomic mass is 9.92. The third-order valence-electron chi connectivity index (χ3n) is 5.95. The number of nitriles is 1. The summed E-state index contributed by atoms with van der Waals surface area (Å²) in [7, 11) is 0. The zero-order valence-electron chi connectivity index (χ0n) is 15.3. The summed E-state index contributed by atoms with van der Waals surface area (Å²) in [6.45, 7) is 3.71. The number of carbonyl (C=O) groups is 2. The van der Waals surface area contributed by atoms with Crippen molar-refractivity contribution in [2.24, 2.45) is 5.41 Å². The molecule has 2 aromatic rings. The lowest BCUT2D eigenvalue weighted by Crippen LogP contribution is -2.42. The van der Waals surface area contributed by atoms with Crippen molar-refractivity contribution >= 4 is 23.2 Å². The maximum atomic E-state index is 12.6. The minimum Gasteiger partial charge on any atom is -0.356 e. The molecular weight excluding hydrogens is 360 g/mol. The summed E-state index contributed by atoms with van der Waals surface area (Å²) in [4.78, 5) is 31.6. The van der Waals surface area contributed by atoms with Crippen LogP contribution in [0.3, 0.4) is 0 Å². The first-order valence-electron chi connectivity index (χ1n) is 9.18. The lowest BCUT2D eigenvalue weighted by Gasteiger charge is -2.34. The Morgan fingerprint density at radius 1 is 1.44 bits per heavy atom. The highest BCUT2D eigenvalue weighted by molar-refractivity contribution is 7.07. The number of hydrogen-bond acceptors (Lipinski definition) is 4. The number of carbonyl (C=O) groups excluding carboxylic acids is 2. The zero-order valence-corrected chi connectivity index (χ0v) is 16.1. The van der Waals surface area contributed by atoms with E-state index in [1.165, 1.54) is 5.56 Å². The van der Waals surface area contributed by atoms with E-state index in [0.29, 0.717) is 30.9 Å². The molecule has 0 bridgehead atoms. The van der Waals surface area contributed by atoms with Crippen molar-refractivity contribution in [3.8, 4) is 6.07 Å². The summed E-state index contributed by atoms with van der Waals surface area (Å²) in [5.41, 5.74) is 2.29. The van der Waals surface area contributed by atoms with Gasteiger partial charge in [0.05, 0.1) is 5.56 Å². The van der Waals surface area contributed by atoms with Crippen LogP contribution in [0.15, 0.2) is 29.1 Å². The Hall–Kier alpha value is -2.59. The molecular formula is C20H22N4O2S. The van der Waals surface area contributed by atoms with E-state index in [0.717, 1.165) is 19.3 Å². The Labute approximate surface area is 162 Å². The SMILES string of the molecule is CC(=O)N(Cc1ccsc1)[C@H]1CC12CCN(C(=O)c1cc(C#N)c[nH]1)CC2. The highest BCUT2D eigenvalue weighted by atomic mass is 32.1. The number of H-pyrrole nitrogens is 1. The molecule has 2 amide bonds. The number of thiophene rings is 1. The quantitative estimate of drug-likeness (QED) is 0.883. The molecule has 27 heavy (non-hydrogen) atoms. The van der Waals surface area contributed by atoms with Gasteiger partial charge in [0.25, 0.3) is 5.91 Å². The third kappa shape index (κ3) is 3.37. The lowest BCUT2D eigenvalue weighted by molar-refractivity contribution is -0.130. The smallest absolute Gasteiger partial charge is 0.270 e. The Kier molecular flexibility index (Phi) is 4.52. The number of likely N-dealkylation sites (tertiary alicyclic amines) is 1. The largest absolute Gasteiger partial charge is 0.356 e. The van der Waals surface area contributed by atoms with Gasteiger partial charge in [-0.1, -0.05) is 0 Å². The van der Waals surface area contributed by atoms with E-state index in [-0.39, 0.29) is 23.3 Å². The molecule has 7 heteroatoms. The van der Waals surface area contributed by atoms with Crippen LogP contribution in [0, 0.1) is 16.7 Å². The van der Waals surface area contributed by atoms with Gasteiger partial charge in [-0.3, -0.25) is 9.59 Å². The van der Waals surface area contributed by atoms with Gasteiger partial charge in [-0.05, 0) is 53.1 Å². The molecule has 1 aliphatic carbocycles. The fraction of sp³-hybridized carbons (Fsp3) is 0.450. The molecule has 2 aromatic heterocycles. The van der Waals surface area contributed by atoms with E-state index in [9.17, 15) is 9.59 Å². The van der Waals surface area contributed by atoms with Crippen LogP contribution in [0.4, 0.5) is 0 Å². The van der Waals surface area contributed by atoms with Crippen molar-refractivity contribution in [1.82, 2.24) is 14.8 Å². The van der Waals surface area contributed by atoms with E-state index in [2.05, 4.69) is 16.4 Å². The summed E-state index contributed by atoms with van der Waals surface area (Å²) in [5.74, 6) is 0.0715. The van der Waals surface area contributed by atoms with Crippen molar-refractivity contribution in [3.63, 3.8) is 0 Å². The molecule has 1 spiro atoms. The standard InChI is InChI=1S/C20H22N4O2S/c1-14(25)24(12-15-2-7-27-13-15)18-9-20(18)3-5-23(6-4-20)19(26)17-8-16(10-21)11-22-17/h2,7-8,11,13,18,22H,3-6,9,12H2,1H3/t18-/m0/s1. The molecule has 0 radical (unpaired) electrons. The van der Waals surface area contributed by atoms with Crippen LogP contribution in [0.5, 0.6) is 0 Å². The molecule has 1 atom stereocenters. The maximum Gasteiger partial charge on any atom is 0.270 e. The maximum absolute atomic E-state index is 12.6. The highest BCUT2D eigenvalue weighted by Gasteiger charge is 2.58. The number of nitrogens with zero attached hydrogens (tertiary/aromatic N) is 3. The molecule has 140 valence electrons.